The van der Waals surface area contributed by atoms with Crippen LogP contribution in [0.4, 0.5) is 0 Å². The second-order valence-corrected chi connectivity index (χ2v) is 4.15. The first-order chi connectivity index (χ1) is 8.56. The minimum Gasteiger partial charge on any atom is -0.468 e. The van der Waals surface area contributed by atoms with Crippen molar-refractivity contribution in [3.63, 3.8) is 0 Å². The first kappa shape index (κ1) is 12.3. The van der Waals surface area contributed by atoms with Crippen molar-refractivity contribution >= 4 is 17.7 Å². The summed E-state index contributed by atoms with van der Waals surface area (Å²) in [7, 11) is 1.22. The fourth-order valence-electron chi connectivity index (χ4n) is 2.20. The Kier molecular flexibility index (Phi) is 3.14. The lowest BCUT2D eigenvalue weighted by Gasteiger charge is -2.19. The van der Waals surface area contributed by atoms with E-state index in [1.165, 1.54) is 14.0 Å². The standard InChI is InChI=1S/C13H13NO4/c1-7(15)10(13(17)18-2)11-8-5-3-4-6-9(8)12(16)14-11/h3-6,10-11H,1-2H3,(H,14,16)/t10-,11-/m1/s1. The highest BCUT2D eigenvalue weighted by atomic mass is 16.5. The third-order valence-electron chi connectivity index (χ3n) is 3.05. The minimum atomic E-state index is -0.998. The molecular formula is C13H13NO4. The Morgan fingerprint density at radius 3 is 2.61 bits per heavy atom. The van der Waals surface area contributed by atoms with E-state index >= 15 is 0 Å². The van der Waals surface area contributed by atoms with Gasteiger partial charge >= 0.3 is 5.97 Å². The number of benzene rings is 1. The maximum atomic E-state index is 11.7. The molecule has 1 aromatic rings. The van der Waals surface area contributed by atoms with Crippen LogP contribution in [0.15, 0.2) is 24.3 Å². The summed E-state index contributed by atoms with van der Waals surface area (Å²) in [6.45, 7) is 1.31. The van der Waals surface area contributed by atoms with Crippen molar-refractivity contribution in [3.8, 4) is 0 Å². The lowest BCUT2D eigenvalue weighted by atomic mass is 9.90. The normalized spacial score (nSPS) is 18.8. The molecular weight excluding hydrogens is 234 g/mol. The summed E-state index contributed by atoms with van der Waals surface area (Å²) < 4.78 is 4.63. The average molecular weight is 247 g/mol. The summed E-state index contributed by atoms with van der Waals surface area (Å²) in [5, 5.41) is 2.66. The Balaban J connectivity index is 2.43. The molecule has 0 fully saturated rings. The number of rotatable bonds is 3. The molecule has 1 amide bonds. The maximum Gasteiger partial charge on any atom is 0.318 e. The summed E-state index contributed by atoms with van der Waals surface area (Å²) in [6, 6.07) is 6.26. The molecule has 5 nitrogen and oxygen atoms in total. The quantitative estimate of drug-likeness (QED) is 0.635. The van der Waals surface area contributed by atoms with Gasteiger partial charge in [0.15, 0.2) is 0 Å². The molecule has 0 radical (unpaired) electrons. The van der Waals surface area contributed by atoms with Crippen molar-refractivity contribution in [2.75, 3.05) is 7.11 Å². The van der Waals surface area contributed by atoms with Crippen molar-refractivity contribution in [2.24, 2.45) is 5.92 Å². The van der Waals surface area contributed by atoms with Crippen LogP contribution in [0.2, 0.25) is 0 Å². The van der Waals surface area contributed by atoms with E-state index < -0.39 is 17.9 Å². The molecule has 18 heavy (non-hydrogen) atoms. The molecule has 1 aromatic carbocycles. The van der Waals surface area contributed by atoms with Crippen molar-refractivity contribution < 1.29 is 19.1 Å². The van der Waals surface area contributed by atoms with E-state index in [0.29, 0.717) is 11.1 Å². The van der Waals surface area contributed by atoms with Crippen LogP contribution in [-0.4, -0.2) is 24.8 Å². The number of methoxy groups -OCH3 is 1. The Labute approximate surface area is 104 Å². The topological polar surface area (TPSA) is 72.5 Å². The van der Waals surface area contributed by atoms with Crippen LogP contribution in [0.3, 0.4) is 0 Å². The summed E-state index contributed by atoms with van der Waals surface area (Å²) in [6.07, 6.45) is 0. The fraction of sp³-hybridized carbons (Fsp3) is 0.308. The van der Waals surface area contributed by atoms with E-state index in [0.717, 1.165) is 0 Å². The lowest BCUT2D eigenvalue weighted by molar-refractivity contribution is -0.150. The summed E-state index contributed by atoms with van der Waals surface area (Å²) in [4.78, 5) is 35.0. The molecule has 94 valence electrons. The zero-order valence-electron chi connectivity index (χ0n) is 10.1. The van der Waals surface area contributed by atoms with E-state index in [1.54, 1.807) is 24.3 Å². The highest BCUT2D eigenvalue weighted by Crippen LogP contribution is 2.32. The molecule has 2 atom stereocenters. The molecule has 0 unspecified atom stereocenters. The number of hydrogen-bond donors (Lipinski definition) is 1. The Morgan fingerprint density at radius 2 is 2.00 bits per heavy atom. The molecule has 0 saturated carbocycles. The zero-order chi connectivity index (χ0) is 13.3. The number of carbonyl (C=O) groups excluding carboxylic acids is 3. The second-order valence-electron chi connectivity index (χ2n) is 4.15. The SMILES string of the molecule is COC(=O)[C@H](C(C)=O)[C@@H]1NC(=O)c2ccccc21. The number of ketones is 1. The number of esters is 1. The van der Waals surface area contributed by atoms with Gasteiger partial charge in [-0.25, -0.2) is 0 Å². The molecule has 0 aliphatic carbocycles. The predicted molar refractivity (Wildman–Crippen MR) is 62.8 cm³/mol. The summed E-state index contributed by atoms with van der Waals surface area (Å²) in [5.74, 6) is -2.23. The monoisotopic (exact) mass is 247 g/mol. The van der Waals surface area contributed by atoms with Crippen LogP contribution in [0, 0.1) is 5.92 Å². The van der Waals surface area contributed by atoms with Crippen molar-refractivity contribution in [2.45, 2.75) is 13.0 Å². The van der Waals surface area contributed by atoms with Gasteiger partial charge in [0, 0.05) is 5.56 Å². The first-order valence-corrected chi connectivity index (χ1v) is 5.54. The van der Waals surface area contributed by atoms with Crippen LogP contribution in [0.25, 0.3) is 0 Å². The van der Waals surface area contributed by atoms with Gasteiger partial charge in [-0.3, -0.25) is 14.4 Å². The van der Waals surface area contributed by atoms with Crippen LogP contribution in [0.5, 0.6) is 0 Å². The third kappa shape index (κ3) is 1.88. The van der Waals surface area contributed by atoms with Gasteiger partial charge in [0.05, 0.1) is 13.2 Å². The number of amides is 1. The average Bonchev–Trinajstić information content (AvgIpc) is 2.67. The molecule has 1 aliphatic heterocycles. The molecule has 5 heteroatoms. The van der Waals surface area contributed by atoms with Gasteiger partial charge in [-0.2, -0.15) is 0 Å². The van der Waals surface area contributed by atoms with Gasteiger partial charge in [0.1, 0.15) is 11.7 Å². The van der Waals surface area contributed by atoms with Crippen molar-refractivity contribution in [1.82, 2.24) is 5.32 Å². The fourth-order valence-corrected chi connectivity index (χ4v) is 2.20. The molecule has 0 bridgehead atoms. The zero-order valence-corrected chi connectivity index (χ0v) is 10.1. The Bertz CT molecular complexity index is 523. The molecule has 0 aromatic heterocycles. The minimum absolute atomic E-state index is 0.272. The first-order valence-electron chi connectivity index (χ1n) is 5.54. The number of carbonyl (C=O) groups is 3. The van der Waals surface area contributed by atoms with E-state index in [2.05, 4.69) is 10.1 Å². The molecule has 0 saturated heterocycles. The number of ether oxygens (including phenoxy) is 1. The smallest absolute Gasteiger partial charge is 0.318 e. The van der Waals surface area contributed by atoms with Gasteiger partial charge in [-0.1, -0.05) is 18.2 Å². The van der Waals surface area contributed by atoms with Gasteiger partial charge in [0.2, 0.25) is 0 Å². The molecule has 1 aliphatic rings. The Morgan fingerprint density at radius 1 is 1.33 bits per heavy atom. The summed E-state index contributed by atoms with van der Waals surface area (Å²) in [5.41, 5.74) is 1.16. The Hall–Kier alpha value is -2.17. The summed E-state index contributed by atoms with van der Waals surface area (Å²) >= 11 is 0. The van der Waals surface area contributed by atoms with E-state index in [4.69, 9.17) is 0 Å². The van der Waals surface area contributed by atoms with E-state index in [-0.39, 0.29) is 11.7 Å². The van der Waals surface area contributed by atoms with Gasteiger partial charge < -0.3 is 10.1 Å². The van der Waals surface area contributed by atoms with Crippen LogP contribution in [0.1, 0.15) is 28.9 Å². The van der Waals surface area contributed by atoms with Crippen molar-refractivity contribution in [3.05, 3.63) is 35.4 Å². The number of nitrogens with one attached hydrogen (secondary N) is 1. The number of fused-ring (bicyclic) bond motifs is 1. The molecule has 0 spiro atoms. The second kappa shape index (κ2) is 4.60. The van der Waals surface area contributed by atoms with Crippen LogP contribution >= 0.6 is 0 Å². The number of hydrogen-bond acceptors (Lipinski definition) is 4. The van der Waals surface area contributed by atoms with Crippen LogP contribution in [-0.2, 0) is 14.3 Å². The third-order valence-corrected chi connectivity index (χ3v) is 3.05. The molecule has 1 N–H and O–H groups in total. The molecule has 2 rings (SSSR count). The van der Waals surface area contributed by atoms with E-state index in [1.807, 2.05) is 0 Å². The van der Waals surface area contributed by atoms with Gasteiger partial charge in [-0.15, -0.1) is 0 Å². The van der Waals surface area contributed by atoms with Gasteiger partial charge in [0.25, 0.3) is 5.91 Å². The predicted octanol–water partition coefficient (Wildman–Crippen LogP) is 0.849. The number of Topliss-reactive ketones (excluding diaryl/α,β-unsaturated/α-hetero) is 1. The maximum absolute atomic E-state index is 11.7. The highest BCUT2D eigenvalue weighted by Gasteiger charge is 2.40. The largest absolute Gasteiger partial charge is 0.468 e. The van der Waals surface area contributed by atoms with E-state index in [9.17, 15) is 14.4 Å². The lowest BCUT2D eigenvalue weighted by Crippen LogP contribution is -2.35. The highest BCUT2D eigenvalue weighted by molar-refractivity contribution is 6.04. The van der Waals surface area contributed by atoms with Crippen molar-refractivity contribution in [1.29, 1.82) is 0 Å². The van der Waals surface area contributed by atoms with Crippen LogP contribution < -0.4 is 5.32 Å². The van der Waals surface area contributed by atoms with Gasteiger partial charge in [-0.05, 0) is 18.6 Å². The molecule has 1 heterocycles.